The number of carbonyl (C=O) groups is 4. The third-order valence-corrected chi connectivity index (χ3v) is 8.16. The Hall–Kier alpha value is -6.46. The molecule has 0 aromatic heterocycles. The van der Waals surface area contributed by atoms with Gasteiger partial charge < -0.3 is 56.8 Å². The summed E-state index contributed by atoms with van der Waals surface area (Å²) in [7, 11) is 5.81. The molecule has 3 aromatic rings. The van der Waals surface area contributed by atoms with Crippen molar-refractivity contribution in [2.75, 3.05) is 108 Å². The van der Waals surface area contributed by atoms with Crippen molar-refractivity contribution < 1.29 is 76.0 Å². The van der Waals surface area contributed by atoms with E-state index in [1.807, 2.05) is 24.3 Å². The van der Waals surface area contributed by atoms with Crippen LogP contribution in [0.2, 0.25) is 0 Å². The van der Waals surface area contributed by atoms with E-state index in [-0.39, 0.29) is 102 Å². The molecule has 0 aliphatic carbocycles. The summed E-state index contributed by atoms with van der Waals surface area (Å²) in [6, 6.07) is 17.8. The number of hydrogen-bond donors (Lipinski definition) is 0. The average Bonchev–Trinajstić information content (AvgIpc) is 3.27. The van der Waals surface area contributed by atoms with E-state index in [1.54, 1.807) is 36.4 Å². The van der Waals surface area contributed by atoms with E-state index in [9.17, 15) is 19.2 Å². The Bertz CT molecular complexity index is 1840. The van der Waals surface area contributed by atoms with E-state index < -0.39 is 23.9 Å². The molecule has 3 aromatic carbocycles. The lowest BCUT2D eigenvalue weighted by atomic mass is 9.97. The van der Waals surface area contributed by atoms with Gasteiger partial charge >= 0.3 is 23.9 Å². The first kappa shape index (κ1) is 49.9. The number of ether oxygens (including phenoxy) is 12. The van der Waals surface area contributed by atoms with Gasteiger partial charge in [-0.2, -0.15) is 0 Å². The van der Waals surface area contributed by atoms with Crippen LogP contribution in [0.5, 0.6) is 23.0 Å². The summed E-state index contributed by atoms with van der Waals surface area (Å²) in [5.74, 6) is -0.543. The summed E-state index contributed by atoms with van der Waals surface area (Å²) in [5, 5.41) is 0. The quantitative estimate of drug-likeness (QED) is 0.0354. The minimum atomic E-state index is -0.617. The minimum Gasteiger partial charge on any atom is -0.490 e. The molecule has 0 aliphatic heterocycles. The predicted octanol–water partition coefficient (Wildman–Crippen LogP) is 5.52. The van der Waals surface area contributed by atoms with E-state index in [4.69, 9.17) is 56.8 Å². The molecule has 0 saturated carbocycles. The number of methoxy groups -OCH3 is 4. The van der Waals surface area contributed by atoms with E-state index in [2.05, 4.69) is 26.3 Å². The topological polar surface area (TPSA) is 179 Å². The van der Waals surface area contributed by atoms with Gasteiger partial charge in [-0.3, -0.25) is 0 Å². The maximum Gasteiger partial charge on any atom is 0.335 e. The summed E-state index contributed by atoms with van der Waals surface area (Å²) in [6.07, 6.45) is 0. The Morgan fingerprint density at radius 3 is 0.903 bits per heavy atom. The Morgan fingerprint density at radius 1 is 0.387 bits per heavy atom. The molecule has 16 nitrogen and oxygen atoms in total. The molecule has 0 fully saturated rings. The highest BCUT2D eigenvalue weighted by molar-refractivity contribution is 5.89. The third kappa shape index (κ3) is 16.9. The van der Waals surface area contributed by atoms with Crippen molar-refractivity contribution in [1.82, 2.24) is 0 Å². The van der Waals surface area contributed by atoms with Crippen molar-refractivity contribution in [2.24, 2.45) is 0 Å². The van der Waals surface area contributed by atoms with Gasteiger partial charge in [-0.1, -0.05) is 50.6 Å². The molecule has 0 amide bonds. The number of hydrogen-bond acceptors (Lipinski definition) is 16. The second kappa shape index (κ2) is 27.4. The van der Waals surface area contributed by atoms with Crippen molar-refractivity contribution in [1.29, 1.82) is 0 Å². The fourth-order valence-corrected chi connectivity index (χ4v) is 5.21. The van der Waals surface area contributed by atoms with Crippen LogP contribution < -0.4 is 18.9 Å². The Labute approximate surface area is 361 Å². The third-order valence-electron chi connectivity index (χ3n) is 8.16. The molecule has 0 radical (unpaired) electrons. The molecule has 62 heavy (non-hydrogen) atoms. The van der Waals surface area contributed by atoms with Gasteiger partial charge in [-0.15, -0.1) is 0 Å². The highest BCUT2D eigenvalue weighted by atomic mass is 16.6. The first-order valence-electron chi connectivity index (χ1n) is 19.2. The zero-order valence-electron chi connectivity index (χ0n) is 35.6. The zero-order chi connectivity index (χ0) is 45.3. The second-order valence-electron chi connectivity index (χ2n) is 13.0. The Morgan fingerprint density at radius 2 is 0.645 bits per heavy atom. The van der Waals surface area contributed by atoms with Gasteiger partial charge in [-0.05, 0) is 47.5 Å². The van der Waals surface area contributed by atoms with Crippen molar-refractivity contribution in [3.8, 4) is 45.3 Å². The van der Waals surface area contributed by atoms with Crippen LogP contribution in [0.1, 0.15) is 0 Å². The monoisotopic (exact) mass is 862 g/mol. The normalized spacial score (nSPS) is 10.5. The highest BCUT2D eigenvalue weighted by Gasteiger charge is 2.18. The molecule has 0 spiro atoms. The first-order valence-corrected chi connectivity index (χ1v) is 19.2. The number of carbonyl (C=O) groups excluding carboxylic acids is 4. The SMILES string of the molecule is C=C(COC)C(=O)OCCOc1ccc(-c2cc(OCCOC(=O)C(=C)COC)c(-c3ccc(OCCOC(=O)C(=C)COC)cc3)cc2OCCOC(=O)C(=C)COC)cc1. The fourth-order valence-electron chi connectivity index (χ4n) is 5.21. The van der Waals surface area contributed by atoms with Crippen LogP contribution in [0.25, 0.3) is 22.3 Å². The van der Waals surface area contributed by atoms with Gasteiger partial charge in [0, 0.05) is 39.6 Å². The van der Waals surface area contributed by atoms with Crippen LogP contribution in [0, 0.1) is 0 Å². The number of benzene rings is 3. The summed E-state index contributed by atoms with van der Waals surface area (Å²) in [6.45, 7) is 14.7. The second-order valence-corrected chi connectivity index (χ2v) is 13.0. The van der Waals surface area contributed by atoms with Gasteiger partial charge in [0.25, 0.3) is 0 Å². The smallest absolute Gasteiger partial charge is 0.335 e. The van der Waals surface area contributed by atoms with Crippen molar-refractivity contribution in [2.45, 2.75) is 0 Å². The van der Waals surface area contributed by atoms with Crippen LogP contribution in [0.4, 0.5) is 0 Å². The molecule has 334 valence electrons. The Balaban J connectivity index is 1.91. The predicted molar refractivity (Wildman–Crippen MR) is 227 cm³/mol. The number of esters is 4. The van der Waals surface area contributed by atoms with E-state index >= 15 is 0 Å². The van der Waals surface area contributed by atoms with Crippen LogP contribution in [-0.2, 0) is 57.1 Å². The number of rotatable bonds is 30. The molecular weight excluding hydrogens is 808 g/mol. The van der Waals surface area contributed by atoms with Gasteiger partial charge in [0.1, 0.15) is 75.9 Å². The molecule has 0 unspecified atom stereocenters. The van der Waals surface area contributed by atoms with Gasteiger partial charge in [0.05, 0.1) is 48.7 Å². The fraction of sp³-hybridized carbons (Fsp3) is 0.348. The molecule has 0 heterocycles. The van der Waals surface area contributed by atoms with Crippen LogP contribution in [0.15, 0.2) is 109 Å². The zero-order valence-corrected chi connectivity index (χ0v) is 35.6. The largest absolute Gasteiger partial charge is 0.490 e. The molecule has 16 heteroatoms. The maximum atomic E-state index is 12.4. The van der Waals surface area contributed by atoms with Crippen LogP contribution in [-0.4, -0.2) is 132 Å². The van der Waals surface area contributed by atoms with Crippen LogP contribution >= 0.6 is 0 Å². The van der Waals surface area contributed by atoms with Gasteiger partial charge in [0.15, 0.2) is 0 Å². The van der Waals surface area contributed by atoms with Gasteiger partial charge in [-0.25, -0.2) is 19.2 Å². The maximum absolute atomic E-state index is 12.4. The summed E-state index contributed by atoms with van der Waals surface area (Å²) in [4.78, 5) is 48.7. The van der Waals surface area contributed by atoms with E-state index in [1.165, 1.54) is 28.4 Å². The standard InChI is InChI=1S/C46H54O16/c1-31(27-51-5)43(47)59-21-17-55-37-13-9-35(10-14-37)39-25-42(58-20-24-62-46(50)34(4)30-54-8)40(26-41(39)57-19-23-61-45(49)33(3)29-53-7)36-11-15-38(16-12-36)56-18-22-60-44(48)32(2)28-52-6/h9-16,25-26H,1-4,17-24,27-30H2,5-8H3. The molecule has 0 aliphatic rings. The molecule has 3 rings (SSSR count). The van der Waals surface area contributed by atoms with Gasteiger partial charge in [0.2, 0.25) is 0 Å². The summed E-state index contributed by atoms with van der Waals surface area (Å²) >= 11 is 0. The first-order chi connectivity index (χ1) is 29.9. The molecule has 0 saturated heterocycles. The lowest BCUT2D eigenvalue weighted by Crippen LogP contribution is -2.16. The minimum absolute atomic E-state index is 0.00298. The van der Waals surface area contributed by atoms with Crippen LogP contribution in [0.3, 0.4) is 0 Å². The summed E-state index contributed by atoms with van der Waals surface area (Å²) < 4.78 is 64.9. The lowest BCUT2D eigenvalue weighted by Gasteiger charge is -2.19. The highest BCUT2D eigenvalue weighted by Crippen LogP contribution is 2.42. The molecule has 0 bridgehead atoms. The van der Waals surface area contributed by atoms with Crippen molar-refractivity contribution in [3.63, 3.8) is 0 Å². The van der Waals surface area contributed by atoms with Crippen molar-refractivity contribution in [3.05, 3.63) is 109 Å². The summed E-state index contributed by atoms with van der Waals surface area (Å²) in [5.41, 5.74) is 3.30. The Kier molecular flexibility index (Phi) is 22.1. The molecule has 0 N–H and O–H groups in total. The van der Waals surface area contributed by atoms with E-state index in [0.29, 0.717) is 45.3 Å². The molecule has 0 atom stereocenters. The molecular formula is C46H54O16. The lowest BCUT2D eigenvalue weighted by molar-refractivity contribution is -0.141. The van der Waals surface area contributed by atoms with E-state index in [0.717, 1.165) is 0 Å². The average molecular weight is 863 g/mol. The van der Waals surface area contributed by atoms with Crippen molar-refractivity contribution >= 4 is 23.9 Å².